The summed E-state index contributed by atoms with van der Waals surface area (Å²) < 4.78 is 21.7. The zero-order valence-electron chi connectivity index (χ0n) is 21.1. The molecule has 0 atom stereocenters. The number of hydrogen-bond acceptors (Lipinski definition) is 5. The number of aromatic nitrogens is 3. The van der Waals surface area contributed by atoms with Crippen LogP contribution in [-0.4, -0.2) is 58.4 Å². The average molecular weight is 512 g/mol. The van der Waals surface area contributed by atoms with Crippen LogP contribution in [0.3, 0.4) is 0 Å². The third kappa shape index (κ3) is 3.87. The van der Waals surface area contributed by atoms with E-state index in [0.717, 1.165) is 16.6 Å². The molecular weight excluding hydrogens is 485 g/mol. The van der Waals surface area contributed by atoms with E-state index in [2.05, 4.69) is 10.00 Å². The second kappa shape index (κ2) is 9.33. The van der Waals surface area contributed by atoms with Gasteiger partial charge in [0.1, 0.15) is 17.1 Å². The number of hydrogen-bond donors (Lipinski definition) is 0. The van der Waals surface area contributed by atoms with Crippen molar-refractivity contribution in [2.45, 2.75) is 0 Å². The molecular formula is C29H26FN5O3. The largest absolute Gasteiger partial charge is 0.497 e. The summed E-state index contributed by atoms with van der Waals surface area (Å²) in [7, 11) is 3.41. The van der Waals surface area contributed by atoms with E-state index in [4.69, 9.17) is 4.74 Å². The smallest absolute Gasteiger partial charge is 0.296 e. The second-order valence-electron chi connectivity index (χ2n) is 9.32. The molecule has 0 unspecified atom stereocenters. The molecule has 1 aliphatic heterocycles. The van der Waals surface area contributed by atoms with Gasteiger partial charge in [0, 0.05) is 55.2 Å². The molecule has 192 valence electrons. The van der Waals surface area contributed by atoms with Gasteiger partial charge in [-0.3, -0.25) is 9.59 Å². The minimum atomic E-state index is -0.304. The van der Waals surface area contributed by atoms with Crippen LogP contribution < -0.4 is 15.2 Å². The van der Waals surface area contributed by atoms with Crippen molar-refractivity contribution in [3.8, 4) is 11.4 Å². The fourth-order valence-corrected chi connectivity index (χ4v) is 5.20. The lowest BCUT2D eigenvalue weighted by Gasteiger charge is -2.36. The zero-order valence-corrected chi connectivity index (χ0v) is 21.1. The minimum absolute atomic E-state index is 0.229. The van der Waals surface area contributed by atoms with Gasteiger partial charge in [-0.05, 0) is 54.6 Å². The first kappa shape index (κ1) is 23.7. The quantitative estimate of drug-likeness (QED) is 0.365. The van der Waals surface area contributed by atoms with Gasteiger partial charge in [0.15, 0.2) is 5.69 Å². The number of methoxy groups -OCH3 is 1. The highest BCUT2D eigenvalue weighted by Gasteiger charge is 2.29. The molecule has 0 aliphatic carbocycles. The van der Waals surface area contributed by atoms with Gasteiger partial charge in [-0.2, -0.15) is 9.78 Å². The Labute approximate surface area is 218 Å². The summed E-state index contributed by atoms with van der Waals surface area (Å²) in [5, 5.41) is 6.02. The predicted molar refractivity (Wildman–Crippen MR) is 145 cm³/mol. The van der Waals surface area contributed by atoms with Crippen LogP contribution in [0.25, 0.3) is 27.5 Å². The SMILES string of the molecule is COc1ccc(-n2nc(C(=O)N3CCN(c4ccc(F)cc4)CC3)c3c4ccccc4n(C)c3c2=O)cc1. The number of piperazine rings is 1. The molecule has 1 amide bonds. The Balaban J connectivity index is 1.44. The molecule has 3 heterocycles. The molecule has 6 rings (SSSR count). The molecule has 9 heteroatoms. The van der Waals surface area contributed by atoms with Gasteiger partial charge >= 0.3 is 0 Å². The van der Waals surface area contributed by atoms with E-state index in [1.807, 2.05) is 35.9 Å². The molecule has 1 aliphatic rings. The van der Waals surface area contributed by atoms with Crippen molar-refractivity contribution < 1.29 is 13.9 Å². The molecule has 5 aromatic rings. The van der Waals surface area contributed by atoms with E-state index in [1.165, 1.54) is 16.8 Å². The van der Waals surface area contributed by atoms with E-state index < -0.39 is 0 Å². The van der Waals surface area contributed by atoms with Crippen LogP contribution in [0.4, 0.5) is 10.1 Å². The van der Waals surface area contributed by atoms with Crippen LogP contribution >= 0.6 is 0 Å². The first-order chi connectivity index (χ1) is 18.5. The number of carbonyl (C=O) groups is 1. The maximum atomic E-state index is 14.0. The number of fused-ring (bicyclic) bond motifs is 3. The molecule has 0 radical (unpaired) electrons. The van der Waals surface area contributed by atoms with Crippen molar-refractivity contribution in [1.29, 1.82) is 0 Å². The Bertz CT molecular complexity index is 1720. The monoisotopic (exact) mass is 511 g/mol. The Morgan fingerprint density at radius 1 is 0.895 bits per heavy atom. The maximum absolute atomic E-state index is 14.0. The third-order valence-corrected chi connectivity index (χ3v) is 7.22. The number of ether oxygens (including phenoxy) is 1. The molecule has 3 aromatic carbocycles. The molecule has 38 heavy (non-hydrogen) atoms. The Morgan fingerprint density at radius 2 is 1.55 bits per heavy atom. The summed E-state index contributed by atoms with van der Waals surface area (Å²) in [6.07, 6.45) is 0. The lowest BCUT2D eigenvalue weighted by molar-refractivity contribution is 0.0741. The topological polar surface area (TPSA) is 72.6 Å². The maximum Gasteiger partial charge on any atom is 0.296 e. The van der Waals surface area contributed by atoms with Gasteiger partial charge in [-0.1, -0.05) is 18.2 Å². The number of rotatable bonds is 4. The van der Waals surface area contributed by atoms with E-state index in [9.17, 15) is 14.0 Å². The standard InChI is InChI=1S/C29H26FN5O3/c1-32-24-6-4-3-5-23(24)25-26(31-35(29(37)27(25)32)21-11-13-22(38-2)14-12-21)28(36)34-17-15-33(16-18-34)20-9-7-19(30)8-10-20/h3-14H,15-18H2,1-2H3. The van der Waals surface area contributed by atoms with Gasteiger partial charge in [0.05, 0.1) is 12.8 Å². The fraction of sp³-hybridized carbons (Fsp3) is 0.207. The predicted octanol–water partition coefficient (Wildman–Crippen LogP) is 3.99. The zero-order chi connectivity index (χ0) is 26.4. The highest BCUT2D eigenvalue weighted by Crippen LogP contribution is 2.29. The Kier molecular flexibility index (Phi) is 5.83. The number of carbonyl (C=O) groups excluding carboxylic acids is 1. The lowest BCUT2D eigenvalue weighted by atomic mass is 10.1. The number of para-hydroxylation sites is 1. The minimum Gasteiger partial charge on any atom is -0.497 e. The van der Waals surface area contributed by atoms with Crippen molar-refractivity contribution >= 4 is 33.4 Å². The molecule has 2 aromatic heterocycles. The van der Waals surface area contributed by atoms with Gasteiger partial charge in [0.2, 0.25) is 0 Å². The highest BCUT2D eigenvalue weighted by atomic mass is 19.1. The van der Waals surface area contributed by atoms with Crippen LogP contribution in [0.1, 0.15) is 10.5 Å². The fourth-order valence-electron chi connectivity index (χ4n) is 5.20. The number of halogens is 1. The number of benzene rings is 3. The van der Waals surface area contributed by atoms with Crippen molar-refractivity contribution in [2.24, 2.45) is 7.05 Å². The van der Waals surface area contributed by atoms with Crippen LogP contribution in [0.2, 0.25) is 0 Å². The lowest BCUT2D eigenvalue weighted by Crippen LogP contribution is -2.49. The second-order valence-corrected chi connectivity index (χ2v) is 9.32. The summed E-state index contributed by atoms with van der Waals surface area (Å²) in [6.45, 7) is 2.17. The summed E-state index contributed by atoms with van der Waals surface area (Å²) in [5.74, 6) is 0.148. The number of anilines is 1. The van der Waals surface area contributed by atoms with Crippen molar-refractivity contribution in [2.75, 3.05) is 38.2 Å². The summed E-state index contributed by atoms with van der Waals surface area (Å²) in [6, 6.07) is 21.0. The van der Waals surface area contributed by atoms with Crippen molar-refractivity contribution in [1.82, 2.24) is 19.2 Å². The summed E-state index contributed by atoms with van der Waals surface area (Å²) in [5.41, 5.74) is 2.66. The van der Waals surface area contributed by atoms with Gasteiger partial charge in [-0.25, -0.2) is 4.39 Å². The molecule has 0 spiro atoms. The molecule has 8 nitrogen and oxygen atoms in total. The van der Waals surface area contributed by atoms with Gasteiger partial charge in [0.25, 0.3) is 11.5 Å². The van der Waals surface area contributed by atoms with Crippen molar-refractivity contribution in [3.05, 3.63) is 94.7 Å². The highest BCUT2D eigenvalue weighted by molar-refractivity contribution is 6.16. The molecule has 1 saturated heterocycles. The van der Waals surface area contributed by atoms with E-state index in [0.29, 0.717) is 48.5 Å². The molecule has 1 fully saturated rings. The normalized spacial score (nSPS) is 13.9. The molecule has 0 bridgehead atoms. The summed E-state index contributed by atoms with van der Waals surface area (Å²) in [4.78, 5) is 31.6. The van der Waals surface area contributed by atoms with Crippen LogP contribution in [-0.2, 0) is 7.05 Å². The average Bonchev–Trinajstić information content (AvgIpc) is 3.26. The van der Waals surface area contributed by atoms with E-state index >= 15 is 0 Å². The van der Waals surface area contributed by atoms with Crippen molar-refractivity contribution in [3.63, 3.8) is 0 Å². The number of amides is 1. The van der Waals surface area contributed by atoms with Gasteiger partial charge in [-0.15, -0.1) is 0 Å². The third-order valence-electron chi connectivity index (χ3n) is 7.22. The summed E-state index contributed by atoms with van der Waals surface area (Å²) >= 11 is 0. The number of aryl methyl sites for hydroxylation is 1. The Hall–Kier alpha value is -4.66. The first-order valence-electron chi connectivity index (χ1n) is 12.4. The van der Waals surface area contributed by atoms with E-state index in [-0.39, 0.29) is 23.0 Å². The Morgan fingerprint density at radius 3 is 2.24 bits per heavy atom. The molecule has 0 N–H and O–H groups in total. The first-order valence-corrected chi connectivity index (χ1v) is 12.4. The number of nitrogens with zero attached hydrogens (tertiary/aromatic N) is 5. The van der Waals surface area contributed by atoms with E-state index in [1.54, 1.807) is 48.4 Å². The van der Waals surface area contributed by atoms with Crippen LogP contribution in [0, 0.1) is 5.82 Å². The molecule has 0 saturated carbocycles. The van der Waals surface area contributed by atoms with Crippen LogP contribution in [0.15, 0.2) is 77.6 Å². The van der Waals surface area contributed by atoms with Crippen LogP contribution in [0.5, 0.6) is 5.75 Å². The van der Waals surface area contributed by atoms with Gasteiger partial charge < -0.3 is 19.1 Å².